The maximum absolute atomic E-state index is 12.0. The molecule has 16 rings (SSSR count). The van der Waals surface area contributed by atoms with Gasteiger partial charge in [0.2, 0.25) is 34.3 Å². The van der Waals surface area contributed by atoms with Crippen molar-refractivity contribution in [3.8, 4) is 0 Å². The summed E-state index contributed by atoms with van der Waals surface area (Å²) in [7, 11) is 3.21. The second kappa shape index (κ2) is 43.3. The normalized spacial score (nSPS) is 14.6. The molecule has 0 aliphatic carbocycles. The number of hydrogen-bond donors (Lipinski definition) is 5. The largest absolute Gasteiger partial charge is 0.381 e. The Hall–Kier alpha value is -9.32. The predicted molar refractivity (Wildman–Crippen MR) is 447 cm³/mol. The topological polar surface area (TPSA) is 285 Å². The standard InChI is InChI=1S/C22H25N5O2.C20H24N4O.C18H19BrN4O.C13H9BrClN3.C5H11NO.C3H3ClO.CH5N/c1-3-20(28)26(2)18-13-19-21(23-14-18)25-22(24-17-9-11-29-12-10-17)27(19)15-16-7-5-4-6-8-16;1-2-15-12-18-19(21-13-15)23-20(22-17-8-10-25-11-9-17)24(18)14-16-6-4-3-5-7-16;19-14-10-16-17(20-11-14)22-18(21-15-6-8-24-9-7-15)23(16)12-13-4-2-1-3-5-13;14-10-6-11-12(16-7-10)17-13(15)18(11)8-9-4-2-1-3-5-9;6-5-1-3-7-4-2-5;1-2-3(4)5;1-2/h3-8,13-14,17H,1,9-12,15H2,2H3,(H,23,24,25);3-7,12-13,17H,2,8-11,14H2,1H3,(H,21,22,23);1-5,10-11,15H,6-9,12H2,(H,20,21,22);1-7H,8H2;5H,1-4,6H2;2H,1H2;2H2,1H3. The number of nitrogens with zero attached hydrogens (tertiary/aromatic N) is 13. The van der Waals surface area contributed by atoms with Crippen LogP contribution in [-0.4, -0.2) is 160 Å². The van der Waals surface area contributed by atoms with Gasteiger partial charge in [-0.3, -0.25) is 9.59 Å². The first-order chi connectivity index (χ1) is 53.7. The van der Waals surface area contributed by atoms with Gasteiger partial charge in [-0.05, 0) is 184 Å². The summed E-state index contributed by atoms with van der Waals surface area (Å²) in [4.78, 5) is 59.3. The van der Waals surface area contributed by atoms with Gasteiger partial charge >= 0.3 is 0 Å². The van der Waals surface area contributed by atoms with Crippen LogP contribution in [0.3, 0.4) is 0 Å². The number of anilines is 4. The Labute approximate surface area is 668 Å². The molecule has 7 N–H and O–H groups in total. The molecule has 12 heterocycles. The summed E-state index contributed by atoms with van der Waals surface area (Å²) in [6.07, 6.45) is 18.4. The van der Waals surface area contributed by atoms with Crippen molar-refractivity contribution in [1.29, 1.82) is 0 Å². The first-order valence-electron chi connectivity index (χ1n) is 36.9. The number of pyridine rings is 4. The average molecular weight is 1660 g/mol. The smallest absolute Gasteiger partial charge is 0.250 e. The lowest BCUT2D eigenvalue weighted by molar-refractivity contribution is -0.114. The number of carbonyl (C=O) groups excluding carboxylic acids is 2. The van der Waals surface area contributed by atoms with Gasteiger partial charge in [0.15, 0.2) is 22.6 Å². The third-order valence-electron chi connectivity index (χ3n) is 18.5. The number of imidazole rings is 4. The number of likely N-dealkylation sites (N-methyl/N-ethyl adjacent to an activating group) is 1. The number of ether oxygens (including phenoxy) is 4. The quantitative estimate of drug-likeness (QED) is 0.0394. The lowest BCUT2D eigenvalue weighted by atomic mass is 10.1. The summed E-state index contributed by atoms with van der Waals surface area (Å²) >= 11 is 17.8. The Morgan fingerprint density at radius 3 is 1.15 bits per heavy atom. The zero-order chi connectivity index (χ0) is 77.6. The van der Waals surface area contributed by atoms with Crippen molar-refractivity contribution in [3.63, 3.8) is 0 Å². The number of benzene rings is 4. The fourth-order valence-electron chi connectivity index (χ4n) is 12.4. The van der Waals surface area contributed by atoms with Crippen LogP contribution in [-0.2, 0) is 61.1 Å². The molecule has 24 nitrogen and oxygen atoms in total. The Balaban J connectivity index is 0.000000148. The van der Waals surface area contributed by atoms with Crippen molar-refractivity contribution in [2.45, 2.75) is 115 Å². The molecule has 0 saturated carbocycles. The van der Waals surface area contributed by atoms with Crippen molar-refractivity contribution in [1.82, 2.24) is 58.1 Å². The Bertz CT molecular complexity index is 4860. The Morgan fingerprint density at radius 2 is 0.800 bits per heavy atom. The number of fused-ring (bicyclic) bond motifs is 4. The second-order valence-electron chi connectivity index (χ2n) is 26.2. The number of amides is 1. The minimum absolute atomic E-state index is 0.180. The van der Waals surface area contributed by atoms with E-state index in [0.29, 0.717) is 59.5 Å². The fraction of sp³-hybridized carbons (Fsp3) is 0.341. The highest BCUT2D eigenvalue weighted by Crippen LogP contribution is 2.30. The fourth-order valence-corrected chi connectivity index (χ4v) is 13.3. The summed E-state index contributed by atoms with van der Waals surface area (Å²) in [5.41, 5.74) is 23.7. The van der Waals surface area contributed by atoms with Gasteiger partial charge in [-0.25, -0.2) is 19.9 Å². The minimum atomic E-state index is -0.509. The number of allylic oxidation sites excluding steroid dienone is 1. The Morgan fingerprint density at radius 1 is 0.482 bits per heavy atom. The first-order valence-corrected chi connectivity index (χ1v) is 39.2. The van der Waals surface area contributed by atoms with Gasteiger partial charge in [0.05, 0.1) is 60.1 Å². The van der Waals surface area contributed by atoms with Gasteiger partial charge < -0.3 is 69.5 Å². The van der Waals surface area contributed by atoms with Crippen LogP contribution in [0.15, 0.2) is 205 Å². The van der Waals surface area contributed by atoms with Crippen LogP contribution >= 0.6 is 55.1 Å². The summed E-state index contributed by atoms with van der Waals surface area (Å²) < 4.78 is 31.9. The molecular weight excluding hydrogens is 1560 g/mol. The zero-order valence-electron chi connectivity index (χ0n) is 62.3. The lowest BCUT2D eigenvalue weighted by Crippen LogP contribution is -2.29. The van der Waals surface area contributed by atoms with E-state index in [9.17, 15) is 9.59 Å². The molecule has 0 spiro atoms. The van der Waals surface area contributed by atoms with Gasteiger partial charge in [-0.2, -0.15) is 19.9 Å². The van der Waals surface area contributed by atoms with E-state index in [4.69, 9.17) is 62.8 Å². The van der Waals surface area contributed by atoms with Crippen molar-refractivity contribution in [3.05, 3.63) is 238 Å². The highest BCUT2D eigenvalue weighted by atomic mass is 79.9. The molecule has 4 aliphatic heterocycles. The number of halogens is 4. The average Bonchev–Trinajstić information content (AvgIpc) is 1.65. The van der Waals surface area contributed by atoms with Gasteiger partial charge in [-0.15, -0.1) is 0 Å². The van der Waals surface area contributed by atoms with E-state index in [-0.39, 0.29) is 5.91 Å². The molecule has 0 atom stereocenters. The van der Waals surface area contributed by atoms with Crippen LogP contribution in [0.5, 0.6) is 0 Å². The van der Waals surface area contributed by atoms with E-state index in [1.54, 1.807) is 25.6 Å². The van der Waals surface area contributed by atoms with E-state index >= 15 is 0 Å². The molecule has 110 heavy (non-hydrogen) atoms. The molecule has 12 aromatic rings. The molecule has 0 unspecified atom stereocenters. The summed E-state index contributed by atoms with van der Waals surface area (Å²) in [6, 6.07) is 51.1. The molecule has 4 aromatic carbocycles. The second-order valence-corrected chi connectivity index (χ2v) is 28.7. The molecule has 4 fully saturated rings. The van der Waals surface area contributed by atoms with Gasteiger partial charge in [-0.1, -0.05) is 141 Å². The summed E-state index contributed by atoms with van der Waals surface area (Å²) in [6.45, 7) is 18.2. The SMILES string of the molecule is Brc1cnc2nc(NC3CCOCC3)n(Cc3ccccc3)c2c1.C=CC(=O)Cl.C=CC(=O)N(C)c1cnc2nc(NC3CCOCC3)n(Cc3ccccc3)c2c1.CCc1cnc2nc(NC3CCOCC3)n(Cc3ccccc3)c2c1.CN.Clc1nc2ncc(Br)cc2n1Cc1ccccc1.NC1CCOCC1. The molecule has 578 valence electrons. The van der Waals surface area contributed by atoms with Crippen LogP contribution in [0.4, 0.5) is 23.5 Å². The van der Waals surface area contributed by atoms with Crippen LogP contribution in [0, 0.1) is 0 Å². The van der Waals surface area contributed by atoms with Gasteiger partial charge in [0.1, 0.15) is 0 Å². The number of rotatable bonds is 18. The molecule has 4 saturated heterocycles. The number of nitrogens with one attached hydrogen (secondary N) is 3. The van der Waals surface area contributed by atoms with Crippen LogP contribution in [0.25, 0.3) is 44.7 Å². The third-order valence-corrected chi connectivity index (χ3v) is 19.8. The van der Waals surface area contributed by atoms with Gasteiger partial charge in [0, 0.05) is 112 Å². The number of aryl methyl sites for hydroxylation is 1. The van der Waals surface area contributed by atoms with Crippen molar-refractivity contribution in [2.75, 3.05) is 87.8 Å². The number of carbonyl (C=O) groups is 2. The Kier molecular flexibility index (Phi) is 32.8. The van der Waals surface area contributed by atoms with Gasteiger partial charge in [0.25, 0.3) is 0 Å². The number of aromatic nitrogens is 12. The highest BCUT2D eigenvalue weighted by Gasteiger charge is 2.24. The summed E-state index contributed by atoms with van der Waals surface area (Å²) in [5.74, 6) is 2.40. The molecule has 0 radical (unpaired) electrons. The molecule has 0 bridgehead atoms. The predicted octanol–water partition coefficient (Wildman–Crippen LogP) is 15.2. The van der Waals surface area contributed by atoms with E-state index in [0.717, 1.165) is 190 Å². The maximum atomic E-state index is 12.0. The van der Waals surface area contributed by atoms with E-state index < -0.39 is 5.24 Å². The molecule has 4 aliphatic rings. The van der Waals surface area contributed by atoms with Crippen LogP contribution in [0.1, 0.15) is 86.1 Å². The van der Waals surface area contributed by atoms with Crippen molar-refractivity contribution in [2.24, 2.45) is 11.5 Å². The number of hydrogen-bond acceptors (Lipinski definition) is 19. The molecular formula is C82H96Br2Cl2N18O6. The summed E-state index contributed by atoms with van der Waals surface area (Å²) in [5, 5.41) is 10.7. The highest BCUT2D eigenvalue weighted by molar-refractivity contribution is 9.10. The van der Waals surface area contributed by atoms with E-state index in [2.05, 4.69) is 197 Å². The lowest BCUT2D eigenvalue weighted by Gasteiger charge is -2.24. The molecule has 8 aromatic heterocycles. The van der Waals surface area contributed by atoms with Crippen LogP contribution in [0.2, 0.25) is 5.28 Å². The number of nitrogens with two attached hydrogens (primary N) is 2. The van der Waals surface area contributed by atoms with Crippen molar-refractivity contribution < 1.29 is 28.5 Å². The first kappa shape index (κ1) is 83.2. The van der Waals surface area contributed by atoms with Crippen molar-refractivity contribution >= 4 is 134 Å². The third kappa shape index (κ3) is 24.3. The minimum Gasteiger partial charge on any atom is -0.381 e. The zero-order valence-corrected chi connectivity index (χ0v) is 67.0. The van der Waals surface area contributed by atoms with E-state index in [1.165, 1.54) is 45.8 Å². The molecule has 28 heteroatoms. The van der Waals surface area contributed by atoms with Crippen LogP contribution < -0.4 is 32.3 Å². The maximum Gasteiger partial charge on any atom is 0.250 e. The monoisotopic (exact) mass is 1660 g/mol. The molecule has 1 amide bonds. The van der Waals surface area contributed by atoms with E-state index in [1.807, 2.05) is 71.4 Å².